The van der Waals surface area contributed by atoms with E-state index in [1.54, 1.807) is 11.1 Å². The van der Waals surface area contributed by atoms with Crippen LogP contribution >= 0.6 is 11.6 Å². The highest BCUT2D eigenvalue weighted by molar-refractivity contribution is 6.30. The molecule has 1 aromatic heterocycles. The van der Waals surface area contributed by atoms with Crippen molar-refractivity contribution in [3.05, 3.63) is 47.1 Å². The average Bonchev–Trinajstić information content (AvgIpc) is 2.64. The van der Waals surface area contributed by atoms with Crippen LogP contribution in [0.4, 0.5) is 11.8 Å². The SMILES string of the molecule is O=CN1CCN(c2ccnc(NCCc3ccc(Cl)cc3)n2)CC1. The lowest BCUT2D eigenvalue weighted by molar-refractivity contribution is -0.118. The Bertz CT molecular complexity index is 671. The van der Waals surface area contributed by atoms with E-state index in [4.69, 9.17) is 11.6 Å². The lowest BCUT2D eigenvalue weighted by atomic mass is 10.1. The molecule has 1 aliphatic heterocycles. The van der Waals surface area contributed by atoms with E-state index in [-0.39, 0.29) is 0 Å². The zero-order valence-corrected chi connectivity index (χ0v) is 14.1. The Hall–Kier alpha value is -2.34. The molecule has 1 fully saturated rings. The number of hydrogen-bond donors (Lipinski definition) is 1. The molecule has 0 radical (unpaired) electrons. The Morgan fingerprint density at radius 3 is 2.58 bits per heavy atom. The highest BCUT2D eigenvalue weighted by atomic mass is 35.5. The zero-order chi connectivity index (χ0) is 16.8. The largest absolute Gasteiger partial charge is 0.354 e. The first kappa shape index (κ1) is 16.5. The van der Waals surface area contributed by atoms with Gasteiger partial charge in [0.1, 0.15) is 5.82 Å². The molecule has 24 heavy (non-hydrogen) atoms. The molecule has 6 nitrogen and oxygen atoms in total. The first-order valence-electron chi connectivity index (χ1n) is 8.00. The third-order valence-corrected chi connectivity index (χ3v) is 4.29. The summed E-state index contributed by atoms with van der Waals surface area (Å²) in [6, 6.07) is 9.74. The summed E-state index contributed by atoms with van der Waals surface area (Å²) in [5, 5.41) is 4.01. The Morgan fingerprint density at radius 1 is 1.12 bits per heavy atom. The number of aromatic nitrogens is 2. The molecule has 1 saturated heterocycles. The van der Waals surface area contributed by atoms with Gasteiger partial charge in [-0.3, -0.25) is 4.79 Å². The van der Waals surface area contributed by atoms with Gasteiger partial charge in [0.2, 0.25) is 12.4 Å². The minimum Gasteiger partial charge on any atom is -0.354 e. The van der Waals surface area contributed by atoms with Crippen LogP contribution in [0.2, 0.25) is 5.02 Å². The molecule has 7 heteroatoms. The van der Waals surface area contributed by atoms with Crippen LogP contribution in [0.5, 0.6) is 0 Å². The number of carbonyl (C=O) groups excluding carboxylic acids is 1. The summed E-state index contributed by atoms with van der Waals surface area (Å²) in [6.45, 7) is 3.80. The van der Waals surface area contributed by atoms with Crippen LogP contribution in [0.15, 0.2) is 36.5 Å². The monoisotopic (exact) mass is 345 g/mol. The van der Waals surface area contributed by atoms with Gasteiger partial charge in [-0.15, -0.1) is 0 Å². The Morgan fingerprint density at radius 2 is 1.88 bits per heavy atom. The molecular weight excluding hydrogens is 326 g/mol. The maximum absolute atomic E-state index is 10.8. The molecule has 0 aliphatic carbocycles. The summed E-state index contributed by atoms with van der Waals surface area (Å²) >= 11 is 5.89. The van der Waals surface area contributed by atoms with Crippen LogP contribution < -0.4 is 10.2 Å². The number of nitrogens with one attached hydrogen (secondary N) is 1. The summed E-state index contributed by atoms with van der Waals surface area (Å²) in [4.78, 5) is 23.6. The number of anilines is 2. The van der Waals surface area contributed by atoms with Crippen molar-refractivity contribution in [2.75, 3.05) is 42.9 Å². The van der Waals surface area contributed by atoms with Gasteiger partial charge in [-0.25, -0.2) is 4.98 Å². The molecule has 1 aromatic carbocycles. The van der Waals surface area contributed by atoms with Crippen LogP contribution in [0.25, 0.3) is 0 Å². The van der Waals surface area contributed by atoms with Gasteiger partial charge in [0, 0.05) is 43.9 Å². The maximum atomic E-state index is 10.8. The second-order valence-corrected chi connectivity index (χ2v) is 6.11. The van der Waals surface area contributed by atoms with Crippen LogP contribution in [0.1, 0.15) is 5.56 Å². The fourth-order valence-corrected chi connectivity index (χ4v) is 2.76. The lowest BCUT2D eigenvalue weighted by Crippen LogP contribution is -2.46. The highest BCUT2D eigenvalue weighted by Gasteiger charge is 2.16. The molecule has 2 heterocycles. The molecule has 2 aromatic rings. The molecule has 1 N–H and O–H groups in total. The number of piperazine rings is 1. The van der Waals surface area contributed by atoms with Crippen molar-refractivity contribution in [3.63, 3.8) is 0 Å². The first-order chi connectivity index (χ1) is 11.7. The molecule has 0 unspecified atom stereocenters. The molecule has 0 bridgehead atoms. The summed E-state index contributed by atoms with van der Waals surface area (Å²) < 4.78 is 0. The number of halogens is 1. The van der Waals surface area contributed by atoms with Crippen molar-refractivity contribution in [2.24, 2.45) is 0 Å². The quantitative estimate of drug-likeness (QED) is 0.812. The maximum Gasteiger partial charge on any atom is 0.224 e. The van der Waals surface area contributed by atoms with Gasteiger partial charge in [0.15, 0.2) is 0 Å². The molecule has 0 spiro atoms. The first-order valence-corrected chi connectivity index (χ1v) is 8.38. The van der Waals surface area contributed by atoms with Gasteiger partial charge in [0.05, 0.1) is 0 Å². The van der Waals surface area contributed by atoms with Crippen molar-refractivity contribution in [2.45, 2.75) is 6.42 Å². The number of nitrogens with zero attached hydrogens (tertiary/aromatic N) is 4. The minimum atomic E-state index is 0.624. The normalized spacial score (nSPS) is 14.5. The third kappa shape index (κ3) is 4.35. The molecule has 1 aliphatic rings. The van der Waals surface area contributed by atoms with Gasteiger partial charge >= 0.3 is 0 Å². The van der Waals surface area contributed by atoms with Crippen LogP contribution in [0.3, 0.4) is 0 Å². The summed E-state index contributed by atoms with van der Waals surface area (Å²) in [7, 11) is 0. The topological polar surface area (TPSA) is 61.4 Å². The zero-order valence-electron chi connectivity index (χ0n) is 13.4. The van der Waals surface area contributed by atoms with E-state index in [0.717, 1.165) is 56.4 Å². The van der Waals surface area contributed by atoms with Gasteiger partial charge in [-0.05, 0) is 30.2 Å². The van der Waals surface area contributed by atoms with Crippen molar-refractivity contribution >= 4 is 29.8 Å². The Kier molecular flexibility index (Phi) is 5.48. The van der Waals surface area contributed by atoms with Crippen molar-refractivity contribution < 1.29 is 4.79 Å². The standard InChI is InChI=1S/C17H20ClN5O/c18-15-3-1-14(2-4-15)5-7-19-17-20-8-6-16(21-17)23-11-9-22(13-24)10-12-23/h1-4,6,8,13H,5,7,9-12H2,(H,19,20,21). The van der Waals surface area contributed by atoms with Crippen LogP contribution in [-0.2, 0) is 11.2 Å². The van der Waals surface area contributed by atoms with E-state index in [2.05, 4.69) is 20.2 Å². The average molecular weight is 346 g/mol. The van der Waals surface area contributed by atoms with Crippen LogP contribution in [-0.4, -0.2) is 54.0 Å². The number of amides is 1. The molecular formula is C17H20ClN5O. The van der Waals surface area contributed by atoms with E-state index in [9.17, 15) is 4.79 Å². The Labute approximate surface area is 146 Å². The molecule has 1 amide bonds. The fraction of sp³-hybridized carbons (Fsp3) is 0.353. The number of hydrogen-bond acceptors (Lipinski definition) is 5. The second-order valence-electron chi connectivity index (χ2n) is 5.67. The minimum absolute atomic E-state index is 0.624. The molecule has 126 valence electrons. The van der Waals surface area contributed by atoms with Gasteiger partial charge in [-0.1, -0.05) is 23.7 Å². The molecule has 3 rings (SSSR count). The van der Waals surface area contributed by atoms with E-state index in [1.807, 2.05) is 30.3 Å². The van der Waals surface area contributed by atoms with E-state index >= 15 is 0 Å². The van der Waals surface area contributed by atoms with E-state index in [0.29, 0.717) is 5.95 Å². The number of benzene rings is 1. The second kappa shape index (κ2) is 7.97. The predicted molar refractivity (Wildman–Crippen MR) is 95.5 cm³/mol. The smallest absolute Gasteiger partial charge is 0.224 e. The summed E-state index contributed by atoms with van der Waals surface area (Å²) in [6.07, 6.45) is 3.54. The fourth-order valence-electron chi connectivity index (χ4n) is 2.64. The van der Waals surface area contributed by atoms with Crippen molar-refractivity contribution in [3.8, 4) is 0 Å². The predicted octanol–water partition coefficient (Wildman–Crippen LogP) is 2.06. The Balaban J connectivity index is 1.53. The van der Waals surface area contributed by atoms with E-state index in [1.165, 1.54) is 5.56 Å². The third-order valence-electron chi connectivity index (χ3n) is 4.04. The highest BCUT2D eigenvalue weighted by Crippen LogP contribution is 2.14. The van der Waals surface area contributed by atoms with E-state index < -0.39 is 0 Å². The summed E-state index contributed by atoms with van der Waals surface area (Å²) in [5.41, 5.74) is 1.22. The summed E-state index contributed by atoms with van der Waals surface area (Å²) in [5.74, 6) is 1.52. The van der Waals surface area contributed by atoms with Gasteiger partial charge < -0.3 is 15.1 Å². The molecule has 0 saturated carbocycles. The van der Waals surface area contributed by atoms with Gasteiger partial charge in [-0.2, -0.15) is 4.98 Å². The van der Waals surface area contributed by atoms with Crippen molar-refractivity contribution in [1.29, 1.82) is 0 Å². The molecule has 0 atom stereocenters. The van der Waals surface area contributed by atoms with Crippen LogP contribution in [0, 0.1) is 0 Å². The van der Waals surface area contributed by atoms with Gasteiger partial charge in [0.25, 0.3) is 0 Å². The van der Waals surface area contributed by atoms with Crippen molar-refractivity contribution in [1.82, 2.24) is 14.9 Å². The number of carbonyl (C=O) groups is 1. The lowest BCUT2D eigenvalue weighted by Gasteiger charge is -2.33. The number of rotatable bonds is 6.